The fraction of sp³-hybridized carbons (Fsp3) is 0.667. The molecule has 1 fully saturated rings. The number of nitrogens with zero attached hydrogens (tertiary/aromatic N) is 2. The average Bonchev–Trinajstić information content (AvgIpc) is 3.09. The van der Waals surface area contributed by atoms with Gasteiger partial charge in [0.15, 0.2) is 0 Å². The third-order valence-electron chi connectivity index (χ3n) is 3.00. The van der Waals surface area contributed by atoms with Gasteiger partial charge in [-0.15, -0.1) is 0 Å². The summed E-state index contributed by atoms with van der Waals surface area (Å²) in [6, 6.07) is 0. The first-order valence-corrected chi connectivity index (χ1v) is 6.23. The van der Waals surface area contributed by atoms with E-state index in [1.54, 1.807) is 0 Å². The maximum atomic E-state index is 11.3. The molecule has 0 aromatic carbocycles. The summed E-state index contributed by atoms with van der Waals surface area (Å²) in [5, 5.41) is 6.23. The maximum Gasteiger partial charge on any atom is 0.223 e. The zero-order valence-electron chi connectivity index (χ0n) is 10.3. The molecule has 1 aromatic heterocycles. The molecular formula is C12H20N4O. The maximum absolute atomic E-state index is 11.3. The van der Waals surface area contributed by atoms with Crippen molar-refractivity contribution in [3.8, 4) is 0 Å². The summed E-state index contributed by atoms with van der Waals surface area (Å²) in [5.41, 5.74) is 0. The van der Waals surface area contributed by atoms with Crippen LogP contribution in [0.2, 0.25) is 0 Å². The van der Waals surface area contributed by atoms with Crippen molar-refractivity contribution in [2.45, 2.75) is 26.3 Å². The number of carbonyl (C=O) groups excluding carboxylic acids is 1. The fourth-order valence-corrected chi connectivity index (χ4v) is 1.73. The minimum Gasteiger partial charge on any atom is -0.355 e. The summed E-state index contributed by atoms with van der Waals surface area (Å²) in [4.78, 5) is 15.5. The van der Waals surface area contributed by atoms with Gasteiger partial charge in [0.25, 0.3) is 0 Å². The monoisotopic (exact) mass is 236 g/mol. The Balaban J connectivity index is 1.49. The first-order chi connectivity index (χ1) is 8.27. The minimum absolute atomic E-state index is 0.220. The molecule has 0 unspecified atom stereocenters. The molecule has 1 saturated carbocycles. The molecule has 5 heteroatoms. The lowest BCUT2D eigenvalue weighted by Gasteiger charge is -2.07. The van der Waals surface area contributed by atoms with E-state index in [-0.39, 0.29) is 5.91 Å². The number of imidazole rings is 1. The SMILES string of the molecule is Cc1nccn1CCNCCNC(=O)C1CC1. The van der Waals surface area contributed by atoms with Crippen LogP contribution in [0.3, 0.4) is 0 Å². The van der Waals surface area contributed by atoms with Gasteiger partial charge in [0.05, 0.1) is 0 Å². The summed E-state index contributed by atoms with van der Waals surface area (Å²) < 4.78 is 2.11. The second-order valence-electron chi connectivity index (χ2n) is 4.48. The Kier molecular flexibility index (Phi) is 4.14. The lowest BCUT2D eigenvalue weighted by Crippen LogP contribution is -2.33. The van der Waals surface area contributed by atoms with Crippen LogP contribution in [0.4, 0.5) is 0 Å². The van der Waals surface area contributed by atoms with E-state index in [0.29, 0.717) is 5.92 Å². The van der Waals surface area contributed by atoms with Crippen molar-refractivity contribution >= 4 is 5.91 Å². The Bertz CT molecular complexity index is 370. The number of aryl methyl sites for hydroxylation is 1. The predicted octanol–water partition coefficient (Wildman–Crippen LogP) is 0.307. The van der Waals surface area contributed by atoms with Gasteiger partial charge in [-0.3, -0.25) is 4.79 Å². The second kappa shape index (κ2) is 5.82. The van der Waals surface area contributed by atoms with Crippen LogP contribution >= 0.6 is 0 Å². The van der Waals surface area contributed by atoms with Crippen molar-refractivity contribution < 1.29 is 4.79 Å². The molecule has 2 rings (SSSR count). The lowest BCUT2D eigenvalue weighted by molar-refractivity contribution is -0.122. The summed E-state index contributed by atoms with van der Waals surface area (Å²) in [5.74, 6) is 1.56. The predicted molar refractivity (Wildman–Crippen MR) is 65.6 cm³/mol. The van der Waals surface area contributed by atoms with Crippen LogP contribution in [0.1, 0.15) is 18.7 Å². The molecule has 0 spiro atoms. The molecule has 1 aromatic rings. The molecule has 0 radical (unpaired) electrons. The molecule has 1 heterocycles. The molecule has 17 heavy (non-hydrogen) atoms. The largest absolute Gasteiger partial charge is 0.355 e. The van der Waals surface area contributed by atoms with Gasteiger partial charge in [-0.2, -0.15) is 0 Å². The van der Waals surface area contributed by atoms with Crippen LogP contribution in [-0.4, -0.2) is 35.1 Å². The highest BCUT2D eigenvalue weighted by Crippen LogP contribution is 2.28. The smallest absolute Gasteiger partial charge is 0.223 e. The minimum atomic E-state index is 0.220. The summed E-state index contributed by atoms with van der Waals surface area (Å²) in [6.45, 7) is 5.36. The van der Waals surface area contributed by atoms with E-state index in [1.165, 1.54) is 0 Å². The summed E-state index contributed by atoms with van der Waals surface area (Å²) in [7, 11) is 0. The lowest BCUT2D eigenvalue weighted by atomic mass is 10.4. The topological polar surface area (TPSA) is 59.0 Å². The van der Waals surface area contributed by atoms with Gasteiger partial charge < -0.3 is 15.2 Å². The van der Waals surface area contributed by atoms with Crippen molar-refractivity contribution in [1.29, 1.82) is 0 Å². The molecule has 5 nitrogen and oxygen atoms in total. The Morgan fingerprint density at radius 3 is 2.94 bits per heavy atom. The molecule has 0 saturated heterocycles. The van der Waals surface area contributed by atoms with E-state index >= 15 is 0 Å². The highest BCUT2D eigenvalue weighted by atomic mass is 16.2. The highest BCUT2D eigenvalue weighted by molar-refractivity contribution is 5.80. The van der Waals surface area contributed by atoms with E-state index in [4.69, 9.17) is 0 Å². The second-order valence-corrected chi connectivity index (χ2v) is 4.48. The van der Waals surface area contributed by atoms with Crippen molar-refractivity contribution in [3.05, 3.63) is 18.2 Å². The first-order valence-electron chi connectivity index (χ1n) is 6.23. The quantitative estimate of drug-likeness (QED) is 0.670. The molecule has 1 aliphatic carbocycles. The van der Waals surface area contributed by atoms with Crippen molar-refractivity contribution in [3.63, 3.8) is 0 Å². The van der Waals surface area contributed by atoms with Gasteiger partial charge in [0.1, 0.15) is 5.82 Å². The van der Waals surface area contributed by atoms with Crippen LogP contribution in [0.5, 0.6) is 0 Å². The molecule has 94 valence electrons. The van der Waals surface area contributed by atoms with Crippen molar-refractivity contribution in [2.24, 2.45) is 5.92 Å². The standard InChI is InChI=1S/C12H20N4O/c1-10-14-7-9-16(10)8-6-13-4-5-15-12(17)11-2-3-11/h7,9,11,13H,2-6,8H2,1H3,(H,15,17). The Labute approximate surface area is 102 Å². The van der Waals surface area contributed by atoms with Gasteiger partial charge >= 0.3 is 0 Å². The Morgan fingerprint density at radius 1 is 1.47 bits per heavy atom. The van der Waals surface area contributed by atoms with Gasteiger partial charge in [0.2, 0.25) is 5.91 Å². The number of aromatic nitrogens is 2. The molecule has 0 aliphatic heterocycles. The van der Waals surface area contributed by atoms with E-state index < -0.39 is 0 Å². The van der Waals surface area contributed by atoms with E-state index in [2.05, 4.69) is 20.2 Å². The van der Waals surface area contributed by atoms with Crippen LogP contribution < -0.4 is 10.6 Å². The summed E-state index contributed by atoms with van der Waals surface area (Å²) >= 11 is 0. The zero-order chi connectivity index (χ0) is 12.1. The van der Waals surface area contributed by atoms with E-state index in [1.807, 2.05) is 19.3 Å². The normalized spacial score (nSPS) is 14.9. The highest BCUT2D eigenvalue weighted by Gasteiger charge is 2.28. The van der Waals surface area contributed by atoms with Crippen molar-refractivity contribution in [1.82, 2.24) is 20.2 Å². The zero-order valence-corrected chi connectivity index (χ0v) is 10.3. The molecule has 2 N–H and O–H groups in total. The molecule has 0 atom stereocenters. The van der Waals surface area contributed by atoms with E-state index in [0.717, 1.165) is 44.8 Å². The Hall–Kier alpha value is -1.36. The van der Waals surface area contributed by atoms with Crippen LogP contribution in [-0.2, 0) is 11.3 Å². The van der Waals surface area contributed by atoms with Crippen molar-refractivity contribution in [2.75, 3.05) is 19.6 Å². The molecule has 0 bridgehead atoms. The van der Waals surface area contributed by atoms with Crippen LogP contribution in [0, 0.1) is 12.8 Å². The van der Waals surface area contributed by atoms with E-state index in [9.17, 15) is 4.79 Å². The van der Waals surface area contributed by atoms with Gasteiger partial charge in [-0.05, 0) is 19.8 Å². The number of carbonyl (C=O) groups is 1. The summed E-state index contributed by atoms with van der Waals surface area (Å²) in [6.07, 6.45) is 5.93. The van der Waals surface area contributed by atoms with Gasteiger partial charge in [0, 0.05) is 44.5 Å². The molecule has 1 aliphatic rings. The number of amides is 1. The Morgan fingerprint density at radius 2 is 2.29 bits per heavy atom. The van der Waals surface area contributed by atoms with Crippen LogP contribution in [0.25, 0.3) is 0 Å². The number of nitrogens with one attached hydrogen (secondary N) is 2. The molecule has 1 amide bonds. The third-order valence-corrected chi connectivity index (χ3v) is 3.00. The average molecular weight is 236 g/mol. The number of hydrogen-bond donors (Lipinski definition) is 2. The number of rotatable bonds is 7. The van der Waals surface area contributed by atoms with Crippen LogP contribution in [0.15, 0.2) is 12.4 Å². The molecular weight excluding hydrogens is 216 g/mol. The third kappa shape index (κ3) is 3.85. The first kappa shape index (κ1) is 12.1. The van der Waals surface area contributed by atoms with Gasteiger partial charge in [-0.25, -0.2) is 4.98 Å². The number of hydrogen-bond acceptors (Lipinski definition) is 3. The van der Waals surface area contributed by atoms with Gasteiger partial charge in [-0.1, -0.05) is 0 Å². The fourth-order valence-electron chi connectivity index (χ4n) is 1.73.